The predicted octanol–water partition coefficient (Wildman–Crippen LogP) is 2.13. The first kappa shape index (κ1) is 13.3. The van der Waals surface area contributed by atoms with Crippen LogP contribution in [-0.4, -0.2) is 24.7 Å². The predicted molar refractivity (Wildman–Crippen MR) is 56.1 cm³/mol. The van der Waals surface area contributed by atoms with Gasteiger partial charge in [0.1, 0.15) is 0 Å². The molecule has 0 radical (unpaired) electrons. The van der Waals surface area contributed by atoms with Gasteiger partial charge in [0.15, 0.2) is 0 Å². The number of carbonyl (C=O) groups is 1. The van der Waals surface area contributed by atoms with Crippen LogP contribution >= 0.6 is 0 Å². The maximum Gasteiger partial charge on any atom is 0.310 e. The lowest BCUT2D eigenvalue weighted by atomic mass is 10.1. The number of nitrogens with zero attached hydrogens (tertiary/aromatic N) is 1. The number of halogens is 2. The highest BCUT2D eigenvalue weighted by Crippen LogP contribution is 2.25. The summed E-state index contributed by atoms with van der Waals surface area (Å²) in [5.74, 6) is -0.464. The first-order chi connectivity index (χ1) is 8.08. The van der Waals surface area contributed by atoms with Crippen LogP contribution in [0.4, 0.5) is 8.78 Å². The number of carbonyl (C=O) groups excluding carboxylic acids is 1. The van der Waals surface area contributed by atoms with Crippen LogP contribution in [0.1, 0.15) is 24.5 Å². The zero-order valence-corrected chi connectivity index (χ0v) is 9.57. The van der Waals surface area contributed by atoms with E-state index in [9.17, 15) is 13.6 Å². The number of rotatable bonds is 5. The number of ether oxygens (including phenoxy) is 2. The normalized spacial score (nSPS) is 10.4. The van der Waals surface area contributed by atoms with Crippen molar-refractivity contribution < 1.29 is 23.0 Å². The SMILES string of the molecule is CCOC(=O)Cc1cnc(OC)cc1C(F)F. The summed E-state index contributed by atoms with van der Waals surface area (Å²) in [6, 6.07) is 1.12. The molecule has 94 valence electrons. The van der Waals surface area contributed by atoms with Gasteiger partial charge in [0.25, 0.3) is 6.43 Å². The Balaban J connectivity index is 2.94. The average Bonchev–Trinajstić information content (AvgIpc) is 2.29. The van der Waals surface area contributed by atoms with E-state index in [4.69, 9.17) is 9.47 Å². The van der Waals surface area contributed by atoms with Gasteiger partial charge < -0.3 is 9.47 Å². The van der Waals surface area contributed by atoms with Gasteiger partial charge in [0.05, 0.1) is 20.1 Å². The molecule has 0 amide bonds. The number of esters is 1. The molecule has 17 heavy (non-hydrogen) atoms. The molecule has 0 aromatic carbocycles. The van der Waals surface area contributed by atoms with E-state index in [1.807, 2.05) is 0 Å². The van der Waals surface area contributed by atoms with Gasteiger partial charge in [-0.05, 0) is 12.5 Å². The number of hydrogen-bond acceptors (Lipinski definition) is 4. The summed E-state index contributed by atoms with van der Waals surface area (Å²) in [5, 5.41) is 0. The third-order valence-electron chi connectivity index (χ3n) is 2.08. The molecule has 0 fully saturated rings. The van der Waals surface area contributed by atoms with Gasteiger partial charge in [-0.1, -0.05) is 0 Å². The van der Waals surface area contributed by atoms with E-state index in [1.165, 1.54) is 13.3 Å². The van der Waals surface area contributed by atoms with E-state index in [0.717, 1.165) is 6.07 Å². The summed E-state index contributed by atoms with van der Waals surface area (Å²) in [5.41, 5.74) is -0.107. The zero-order valence-electron chi connectivity index (χ0n) is 9.57. The Kier molecular flexibility index (Phi) is 4.81. The topological polar surface area (TPSA) is 48.4 Å². The molecule has 0 aliphatic carbocycles. The summed E-state index contributed by atoms with van der Waals surface area (Å²) in [6.45, 7) is 1.87. The van der Waals surface area contributed by atoms with Crippen LogP contribution in [-0.2, 0) is 16.0 Å². The lowest BCUT2D eigenvalue weighted by Gasteiger charge is -2.09. The van der Waals surface area contributed by atoms with Crippen molar-refractivity contribution in [3.8, 4) is 5.88 Å². The van der Waals surface area contributed by atoms with Crippen molar-refractivity contribution in [3.63, 3.8) is 0 Å². The zero-order chi connectivity index (χ0) is 12.8. The summed E-state index contributed by atoms with van der Waals surface area (Å²) in [6.07, 6.45) is -1.70. The molecule has 1 aromatic rings. The second-order valence-electron chi connectivity index (χ2n) is 3.21. The highest BCUT2D eigenvalue weighted by Gasteiger charge is 2.17. The van der Waals surface area contributed by atoms with E-state index in [-0.39, 0.29) is 30.0 Å². The summed E-state index contributed by atoms with van der Waals surface area (Å²) in [4.78, 5) is 15.0. The van der Waals surface area contributed by atoms with E-state index >= 15 is 0 Å². The Labute approximate surface area is 97.6 Å². The monoisotopic (exact) mass is 245 g/mol. The highest BCUT2D eigenvalue weighted by molar-refractivity contribution is 5.73. The molecule has 4 nitrogen and oxygen atoms in total. The van der Waals surface area contributed by atoms with E-state index < -0.39 is 12.4 Å². The lowest BCUT2D eigenvalue weighted by Crippen LogP contribution is -2.10. The molecule has 0 saturated heterocycles. The maximum absolute atomic E-state index is 12.7. The van der Waals surface area contributed by atoms with Gasteiger partial charge in [-0.2, -0.15) is 0 Å². The van der Waals surface area contributed by atoms with Crippen molar-refractivity contribution in [2.45, 2.75) is 19.8 Å². The first-order valence-electron chi connectivity index (χ1n) is 5.05. The van der Waals surface area contributed by atoms with Crippen molar-refractivity contribution in [3.05, 3.63) is 23.4 Å². The van der Waals surface area contributed by atoms with E-state index in [2.05, 4.69) is 4.98 Å². The Bertz CT molecular complexity index is 396. The second-order valence-corrected chi connectivity index (χ2v) is 3.21. The minimum absolute atomic E-state index is 0.0907. The molecule has 0 spiro atoms. The third kappa shape index (κ3) is 3.65. The first-order valence-corrected chi connectivity index (χ1v) is 5.05. The van der Waals surface area contributed by atoms with Crippen molar-refractivity contribution in [2.75, 3.05) is 13.7 Å². The van der Waals surface area contributed by atoms with Crippen LogP contribution in [0.5, 0.6) is 5.88 Å². The quantitative estimate of drug-likeness (QED) is 0.745. The van der Waals surface area contributed by atoms with Gasteiger partial charge in [0, 0.05) is 17.8 Å². The number of hydrogen-bond donors (Lipinski definition) is 0. The molecular weight excluding hydrogens is 232 g/mol. The summed E-state index contributed by atoms with van der Waals surface area (Å²) < 4.78 is 34.9. The van der Waals surface area contributed by atoms with Crippen LogP contribution in [0, 0.1) is 0 Å². The van der Waals surface area contributed by atoms with Gasteiger partial charge in [-0.3, -0.25) is 4.79 Å². The minimum atomic E-state index is -2.68. The smallest absolute Gasteiger partial charge is 0.310 e. The van der Waals surface area contributed by atoms with Gasteiger partial charge in [-0.25, -0.2) is 13.8 Å². The van der Waals surface area contributed by atoms with E-state index in [0.29, 0.717) is 0 Å². The van der Waals surface area contributed by atoms with Crippen LogP contribution in [0.25, 0.3) is 0 Å². The molecule has 0 unspecified atom stereocenters. The fraction of sp³-hybridized carbons (Fsp3) is 0.455. The number of alkyl halides is 2. The largest absolute Gasteiger partial charge is 0.481 e. The van der Waals surface area contributed by atoms with E-state index in [1.54, 1.807) is 6.92 Å². The molecule has 1 heterocycles. The molecular formula is C11H13F2NO3. The van der Waals surface area contributed by atoms with Crippen molar-refractivity contribution in [2.24, 2.45) is 0 Å². The molecule has 1 aromatic heterocycles. The summed E-state index contributed by atoms with van der Waals surface area (Å²) >= 11 is 0. The van der Waals surface area contributed by atoms with Gasteiger partial charge >= 0.3 is 5.97 Å². The second kappa shape index (κ2) is 6.12. The Morgan fingerprint density at radius 1 is 1.53 bits per heavy atom. The number of methoxy groups -OCH3 is 1. The van der Waals surface area contributed by atoms with Crippen molar-refractivity contribution >= 4 is 5.97 Å². The highest BCUT2D eigenvalue weighted by atomic mass is 19.3. The van der Waals surface area contributed by atoms with Crippen LogP contribution in [0.3, 0.4) is 0 Å². The Hall–Kier alpha value is -1.72. The van der Waals surface area contributed by atoms with Crippen molar-refractivity contribution in [1.82, 2.24) is 4.98 Å². The van der Waals surface area contributed by atoms with Crippen LogP contribution < -0.4 is 4.74 Å². The third-order valence-corrected chi connectivity index (χ3v) is 2.08. The Morgan fingerprint density at radius 3 is 2.76 bits per heavy atom. The molecule has 0 aliphatic rings. The average molecular weight is 245 g/mol. The fourth-order valence-corrected chi connectivity index (χ4v) is 1.31. The van der Waals surface area contributed by atoms with Crippen LogP contribution in [0.15, 0.2) is 12.3 Å². The standard InChI is InChI=1S/C11H13F2NO3/c1-3-17-10(15)4-7-6-14-9(16-2)5-8(7)11(12)13/h5-6,11H,3-4H2,1-2H3. The number of aromatic nitrogens is 1. The molecule has 0 atom stereocenters. The fourth-order valence-electron chi connectivity index (χ4n) is 1.31. The molecule has 0 N–H and O–H groups in total. The van der Waals surface area contributed by atoms with Crippen LogP contribution in [0.2, 0.25) is 0 Å². The molecule has 1 rings (SSSR count). The Morgan fingerprint density at radius 2 is 2.24 bits per heavy atom. The summed E-state index contributed by atoms with van der Waals surface area (Å²) in [7, 11) is 1.34. The number of pyridine rings is 1. The maximum atomic E-state index is 12.7. The molecule has 6 heteroatoms. The van der Waals surface area contributed by atoms with Crippen molar-refractivity contribution in [1.29, 1.82) is 0 Å². The van der Waals surface area contributed by atoms with Gasteiger partial charge in [-0.15, -0.1) is 0 Å². The van der Waals surface area contributed by atoms with Gasteiger partial charge in [0.2, 0.25) is 5.88 Å². The molecule has 0 bridgehead atoms. The molecule has 0 saturated carbocycles. The lowest BCUT2D eigenvalue weighted by molar-refractivity contribution is -0.142. The molecule has 0 aliphatic heterocycles. The minimum Gasteiger partial charge on any atom is -0.481 e.